The fourth-order valence-corrected chi connectivity index (χ4v) is 4.60. The van der Waals surface area contributed by atoms with Gasteiger partial charge in [-0.3, -0.25) is 19.2 Å². The van der Waals surface area contributed by atoms with Crippen molar-refractivity contribution >= 4 is 46.2 Å². The summed E-state index contributed by atoms with van der Waals surface area (Å²) in [5, 5.41) is 12.2. The molecule has 1 aromatic heterocycles. The van der Waals surface area contributed by atoms with Crippen LogP contribution in [0, 0.1) is 17.8 Å². The maximum atomic E-state index is 13.2. The lowest BCUT2D eigenvalue weighted by atomic mass is 9.84. The summed E-state index contributed by atoms with van der Waals surface area (Å²) in [5.41, 5.74) is 0.231. The maximum absolute atomic E-state index is 13.2. The molecule has 0 aliphatic carbocycles. The topological polar surface area (TPSA) is 110 Å². The second kappa shape index (κ2) is 13.2. The molecule has 3 atom stereocenters. The average Bonchev–Trinajstić information content (AvgIpc) is 3.29. The van der Waals surface area contributed by atoms with Crippen molar-refractivity contribution in [3.8, 4) is 5.75 Å². The molecule has 2 rings (SSSR count). The van der Waals surface area contributed by atoms with Gasteiger partial charge in [0, 0.05) is 18.8 Å². The minimum atomic E-state index is -5.12. The Labute approximate surface area is 221 Å². The highest BCUT2D eigenvalue weighted by Gasteiger charge is 2.45. The molecule has 2 N–H and O–H groups in total. The second-order valence-electron chi connectivity index (χ2n) is 8.71. The summed E-state index contributed by atoms with van der Waals surface area (Å²) in [7, 11) is 1.42. The molecule has 0 saturated heterocycles. The van der Waals surface area contributed by atoms with Gasteiger partial charge < -0.3 is 15.2 Å². The van der Waals surface area contributed by atoms with E-state index in [-0.39, 0.29) is 16.9 Å². The number of aliphatic hydroxyl groups excluding tert-OH is 1. The Kier molecular flexibility index (Phi) is 10.8. The van der Waals surface area contributed by atoms with Gasteiger partial charge in [0.25, 0.3) is 0 Å². The summed E-state index contributed by atoms with van der Waals surface area (Å²) < 4.78 is 44.8. The van der Waals surface area contributed by atoms with E-state index in [9.17, 15) is 37.5 Å². The molecular weight excluding hydrogens is 535 g/mol. The average molecular weight is 562 g/mol. The second-order valence-corrected chi connectivity index (χ2v) is 10.4. The number of benzene rings is 1. The molecule has 0 spiro atoms. The number of ketones is 3. The highest BCUT2D eigenvalue weighted by molar-refractivity contribution is 7.18. The van der Waals surface area contributed by atoms with Gasteiger partial charge in [-0.2, -0.15) is 13.2 Å². The van der Waals surface area contributed by atoms with Crippen LogP contribution < -0.4 is 10.1 Å². The molecule has 0 radical (unpaired) electrons. The van der Waals surface area contributed by atoms with E-state index in [0.717, 1.165) is 11.3 Å². The van der Waals surface area contributed by atoms with Crippen LogP contribution in [0.3, 0.4) is 0 Å². The zero-order valence-electron chi connectivity index (χ0n) is 20.3. The van der Waals surface area contributed by atoms with Gasteiger partial charge in [0.1, 0.15) is 11.8 Å². The van der Waals surface area contributed by atoms with Gasteiger partial charge in [0.15, 0.2) is 11.6 Å². The Morgan fingerprint density at radius 2 is 1.68 bits per heavy atom. The third kappa shape index (κ3) is 8.37. The number of nitrogens with one attached hydrogen (secondary N) is 1. The number of halogens is 4. The number of Topliss-reactive ketones (excluding diaryl/α,β-unsaturated/α-hetero) is 3. The van der Waals surface area contributed by atoms with Crippen LogP contribution in [0.2, 0.25) is 4.34 Å². The Hall–Kier alpha value is -2.76. The van der Waals surface area contributed by atoms with E-state index in [1.165, 1.54) is 57.4 Å². The van der Waals surface area contributed by atoms with Crippen LogP contribution in [0.25, 0.3) is 0 Å². The number of methoxy groups -OCH3 is 1. The first-order valence-corrected chi connectivity index (χ1v) is 12.4. The van der Waals surface area contributed by atoms with E-state index in [0.29, 0.717) is 10.1 Å². The number of hydrogen-bond donors (Lipinski definition) is 2. The van der Waals surface area contributed by atoms with E-state index < -0.39 is 66.3 Å². The van der Waals surface area contributed by atoms with Gasteiger partial charge in [0.05, 0.1) is 28.8 Å². The molecule has 0 aliphatic heterocycles. The van der Waals surface area contributed by atoms with Crippen LogP contribution in [0.4, 0.5) is 13.2 Å². The van der Waals surface area contributed by atoms with Crippen molar-refractivity contribution in [2.45, 2.75) is 38.9 Å². The van der Waals surface area contributed by atoms with Gasteiger partial charge in [-0.15, -0.1) is 11.3 Å². The summed E-state index contributed by atoms with van der Waals surface area (Å²) in [6.07, 6.45) is -6.28. The van der Waals surface area contributed by atoms with Crippen LogP contribution in [0.5, 0.6) is 5.75 Å². The number of aliphatic hydroxyl groups is 1. The lowest BCUT2D eigenvalue weighted by Crippen LogP contribution is -2.42. The van der Waals surface area contributed by atoms with Crippen molar-refractivity contribution < 1.29 is 42.2 Å². The van der Waals surface area contributed by atoms with Gasteiger partial charge in [-0.1, -0.05) is 37.6 Å². The van der Waals surface area contributed by atoms with Gasteiger partial charge in [-0.25, -0.2) is 0 Å². The standard InChI is InChI=1S/C25H27ClF3NO6S/c1-13(2)17(23(34)25(27,28)29)11-19(33)22(14-4-6-16(36-3)7-5-14)30-24(35)15(12-31)10-18(32)20-8-9-21(26)37-20/h4-9,13,15,17,22,31H,10-12H2,1-3H3,(H,30,35)/t15-,17-,22-/m0/s1. The molecule has 0 bridgehead atoms. The monoisotopic (exact) mass is 561 g/mol. The molecular formula is C25H27ClF3NO6S. The number of amides is 1. The molecule has 202 valence electrons. The van der Waals surface area contributed by atoms with Crippen LogP contribution in [0.15, 0.2) is 36.4 Å². The number of hydrogen-bond acceptors (Lipinski definition) is 7. The van der Waals surface area contributed by atoms with E-state index in [1.54, 1.807) is 0 Å². The van der Waals surface area contributed by atoms with Crippen LogP contribution in [0.1, 0.15) is 48.0 Å². The number of alkyl halides is 3. The molecule has 0 saturated carbocycles. The fourth-order valence-electron chi connectivity index (χ4n) is 3.61. The normalized spacial score (nSPS) is 14.1. The van der Waals surface area contributed by atoms with Crippen molar-refractivity contribution in [2.75, 3.05) is 13.7 Å². The van der Waals surface area contributed by atoms with Crippen LogP contribution >= 0.6 is 22.9 Å². The third-order valence-electron chi connectivity index (χ3n) is 5.77. The highest BCUT2D eigenvalue weighted by atomic mass is 35.5. The van der Waals surface area contributed by atoms with E-state index >= 15 is 0 Å². The highest BCUT2D eigenvalue weighted by Crippen LogP contribution is 2.31. The maximum Gasteiger partial charge on any atom is 0.450 e. The predicted octanol–water partition coefficient (Wildman–Crippen LogP) is 4.81. The Morgan fingerprint density at radius 1 is 1.05 bits per heavy atom. The zero-order valence-corrected chi connectivity index (χ0v) is 21.9. The molecule has 1 heterocycles. The third-order valence-corrected chi connectivity index (χ3v) is 7.04. The molecule has 12 heteroatoms. The first-order valence-electron chi connectivity index (χ1n) is 11.3. The first-order chi connectivity index (χ1) is 17.3. The van der Waals surface area contributed by atoms with Crippen molar-refractivity contribution in [1.29, 1.82) is 0 Å². The predicted molar refractivity (Wildman–Crippen MR) is 132 cm³/mol. The van der Waals surface area contributed by atoms with E-state index in [2.05, 4.69) is 5.32 Å². The molecule has 0 unspecified atom stereocenters. The molecule has 2 aromatic rings. The Morgan fingerprint density at radius 3 is 2.14 bits per heavy atom. The summed E-state index contributed by atoms with van der Waals surface area (Å²) in [6.45, 7) is 2.07. The summed E-state index contributed by atoms with van der Waals surface area (Å²) in [4.78, 5) is 51.0. The fraction of sp³-hybridized carbons (Fsp3) is 0.440. The lowest BCUT2D eigenvalue weighted by molar-refractivity contribution is -0.177. The van der Waals surface area contributed by atoms with Crippen LogP contribution in [-0.2, 0) is 14.4 Å². The number of carbonyl (C=O) groups is 4. The number of thiophene rings is 1. The molecule has 37 heavy (non-hydrogen) atoms. The Bertz CT molecular complexity index is 1120. The van der Waals surface area contributed by atoms with E-state index in [4.69, 9.17) is 16.3 Å². The van der Waals surface area contributed by atoms with Crippen molar-refractivity contribution in [2.24, 2.45) is 17.8 Å². The van der Waals surface area contributed by atoms with Gasteiger partial charge in [0.2, 0.25) is 11.7 Å². The molecule has 0 fully saturated rings. The van der Waals surface area contributed by atoms with Crippen LogP contribution in [-0.4, -0.2) is 48.3 Å². The van der Waals surface area contributed by atoms with E-state index in [1.807, 2.05) is 0 Å². The lowest BCUT2D eigenvalue weighted by Gasteiger charge is -2.25. The molecule has 1 aromatic carbocycles. The summed E-state index contributed by atoms with van der Waals surface area (Å²) in [5.74, 6) is -7.41. The van der Waals surface area contributed by atoms with Gasteiger partial charge >= 0.3 is 6.18 Å². The smallest absolute Gasteiger partial charge is 0.450 e. The minimum Gasteiger partial charge on any atom is -0.497 e. The quantitative estimate of drug-likeness (QED) is 0.340. The van der Waals surface area contributed by atoms with Gasteiger partial charge in [-0.05, 0) is 35.7 Å². The number of carbonyl (C=O) groups excluding carboxylic acids is 4. The zero-order chi connectivity index (χ0) is 27.9. The molecule has 0 aliphatic rings. The number of rotatable bonds is 13. The van der Waals surface area contributed by atoms with Crippen molar-refractivity contribution in [3.63, 3.8) is 0 Å². The molecule has 1 amide bonds. The largest absolute Gasteiger partial charge is 0.497 e. The van der Waals surface area contributed by atoms with Crippen molar-refractivity contribution in [1.82, 2.24) is 5.32 Å². The first kappa shape index (κ1) is 30.5. The van der Waals surface area contributed by atoms with Crippen molar-refractivity contribution in [3.05, 3.63) is 51.2 Å². The summed E-state index contributed by atoms with van der Waals surface area (Å²) >= 11 is 6.85. The summed E-state index contributed by atoms with van der Waals surface area (Å²) in [6, 6.07) is 7.45. The molecule has 7 nitrogen and oxygen atoms in total. The Balaban J connectivity index is 2.31. The minimum absolute atomic E-state index is 0.231. The SMILES string of the molecule is COc1ccc([C@H](NC(=O)[C@H](CO)CC(=O)c2ccc(Cl)s2)C(=O)C[C@H](C(=O)C(F)(F)F)C(C)C)cc1. The number of ether oxygens (including phenoxy) is 1.